The first kappa shape index (κ1) is 19.0. The molecular weight excluding hydrogens is 340 g/mol. The molecule has 0 fully saturated rings. The molecule has 1 aliphatic rings. The Balaban J connectivity index is 1.98. The third-order valence-electron chi connectivity index (χ3n) is 5.10. The van der Waals surface area contributed by atoms with Crippen molar-refractivity contribution in [1.82, 2.24) is 0 Å². The van der Waals surface area contributed by atoms with E-state index in [1.54, 1.807) is 31.2 Å². The van der Waals surface area contributed by atoms with Crippen LogP contribution in [0.25, 0.3) is 0 Å². The van der Waals surface area contributed by atoms with Crippen LogP contribution >= 0.6 is 0 Å². The summed E-state index contributed by atoms with van der Waals surface area (Å²) >= 11 is 0. The first-order valence-electron chi connectivity index (χ1n) is 9.44. The van der Waals surface area contributed by atoms with Gasteiger partial charge >= 0.3 is 5.97 Å². The van der Waals surface area contributed by atoms with Crippen molar-refractivity contribution in [3.8, 4) is 0 Å². The topological polar surface area (TPSA) is 60.4 Å². The van der Waals surface area contributed by atoms with Crippen LogP contribution in [-0.4, -0.2) is 24.1 Å². The quantitative estimate of drug-likeness (QED) is 0.546. The molecule has 3 rings (SSSR count). The fourth-order valence-corrected chi connectivity index (χ4v) is 3.80. The van der Waals surface area contributed by atoms with E-state index in [1.807, 2.05) is 24.3 Å². The van der Waals surface area contributed by atoms with Crippen LogP contribution in [0.15, 0.2) is 48.5 Å². The molecule has 0 bridgehead atoms. The monoisotopic (exact) mass is 364 g/mol. The Morgan fingerprint density at radius 1 is 0.889 bits per heavy atom. The van der Waals surface area contributed by atoms with E-state index in [1.165, 1.54) is 5.56 Å². The van der Waals surface area contributed by atoms with E-state index in [-0.39, 0.29) is 31.0 Å². The molecule has 0 unspecified atom stereocenters. The van der Waals surface area contributed by atoms with Crippen LogP contribution in [0, 0.1) is 5.41 Å². The van der Waals surface area contributed by atoms with Crippen molar-refractivity contribution in [2.24, 2.45) is 5.41 Å². The summed E-state index contributed by atoms with van der Waals surface area (Å²) in [4.78, 5) is 38.7. The number of fused-ring (bicyclic) bond motifs is 1. The molecule has 2 aromatic carbocycles. The molecule has 0 amide bonds. The number of Topliss-reactive ketones (excluding diaryl/α,β-unsaturated/α-hetero) is 2. The second-order valence-corrected chi connectivity index (χ2v) is 7.01. The number of hydrogen-bond acceptors (Lipinski definition) is 4. The largest absolute Gasteiger partial charge is 0.466 e. The molecule has 27 heavy (non-hydrogen) atoms. The molecule has 0 saturated heterocycles. The van der Waals surface area contributed by atoms with Gasteiger partial charge in [-0.2, -0.15) is 0 Å². The Labute approximate surface area is 159 Å². The zero-order valence-corrected chi connectivity index (χ0v) is 15.8. The lowest BCUT2D eigenvalue weighted by atomic mass is 9.74. The van der Waals surface area contributed by atoms with Crippen LogP contribution in [0.2, 0.25) is 0 Å². The SMILES string of the molecule is CCCc1ccc(CC2(CC(=O)OCC)C(=O)c3ccccc3C2=O)cc1. The van der Waals surface area contributed by atoms with Crippen LogP contribution in [-0.2, 0) is 22.4 Å². The predicted molar refractivity (Wildman–Crippen MR) is 103 cm³/mol. The van der Waals surface area contributed by atoms with Gasteiger partial charge < -0.3 is 4.74 Å². The van der Waals surface area contributed by atoms with Crippen LogP contribution < -0.4 is 0 Å². The van der Waals surface area contributed by atoms with Crippen LogP contribution in [0.4, 0.5) is 0 Å². The average molecular weight is 364 g/mol. The predicted octanol–water partition coefficient (Wildman–Crippen LogP) is 4.20. The summed E-state index contributed by atoms with van der Waals surface area (Å²) in [6.07, 6.45) is 2.00. The number of ether oxygens (including phenoxy) is 1. The number of rotatable bonds is 7. The van der Waals surface area contributed by atoms with Crippen molar-refractivity contribution in [2.75, 3.05) is 6.61 Å². The fourth-order valence-electron chi connectivity index (χ4n) is 3.80. The van der Waals surface area contributed by atoms with Gasteiger partial charge in [-0.3, -0.25) is 14.4 Å². The zero-order chi connectivity index (χ0) is 19.4. The molecular formula is C23H24O4. The van der Waals surface area contributed by atoms with Crippen molar-refractivity contribution in [1.29, 1.82) is 0 Å². The van der Waals surface area contributed by atoms with Gasteiger partial charge in [0.15, 0.2) is 11.6 Å². The number of benzene rings is 2. The number of esters is 1. The van der Waals surface area contributed by atoms with Gasteiger partial charge in [-0.1, -0.05) is 61.9 Å². The molecule has 0 aliphatic heterocycles. The summed E-state index contributed by atoms with van der Waals surface area (Å²) < 4.78 is 5.07. The summed E-state index contributed by atoms with van der Waals surface area (Å²) in [5.74, 6) is -1.09. The van der Waals surface area contributed by atoms with Gasteiger partial charge in [-0.05, 0) is 30.9 Å². The molecule has 2 aromatic rings. The van der Waals surface area contributed by atoms with Gasteiger partial charge in [-0.15, -0.1) is 0 Å². The van der Waals surface area contributed by atoms with Crippen molar-refractivity contribution < 1.29 is 19.1 Å². The minimum absolute atomic E-state index is 0.199. The molecule has 0 N–H and O–H groups in total. The van der Waals surface area contributed by atoms with Gasteiger partial charge in [0.2, 0.25) is 0 Å². The molecule has 0 spiro atoms. The number of aryl methyl sites for hydroxylation is 1. The van der Waals surface area contributed by atoms with Crippen LogP contribution in [0.3, 0.4) is 0 Å². The maximum atomic E-state index is 13.2. The Morgan fingerprint density at radius 3 is 1.96 bits per heavy atom. The normalized spacial score (nSPS) is 14.9. The molecule has 0 heterocycles. The van der Waals surface area contributed by atoms with Gasteiger partial charge in [0.1, 0.15) is 5.41 Å². The second-order valence-electron chi connectivity index (χ2n) is 7.01. The van der Waals surface area contributed by atoms with E-state index in [4.69, 9.17) is 4.74 Å². The van der Waals surface area contributed by atoms with Crippen LogP contribution in [0.5, 0.6) is 0 Å². The second kappa shape index (κ2) is 7.87. The first-order valence-corrected chi connectivity index (χ1v) is 9.44. The third-order valence-corrected chi connectivity index (χ3v) is 5.10. The average Bonchev–Trinajstić information content (AvgIpc) is 2.86. The number of carbonyl (C=O) groups is 3. The summed E-state index contributed by atoms with van der Waals surface area (Å²) in [6, 6.07) is 14.7. The highest BCUT2D eigenvalue weighted by molar-refractivity contribution is 6.30. The molecule has 0 aromatic heterocycles. The minimum atomic E-state index is -1.41. The van der Waals surface area contributed by atoms with Gasteiger partial charge in [0.25, 0.3) is 0 Å². The lowest BCUT2D eigenvalue weighted by Crippen LogP contribution is -2.38. The Hall–Kier alpha value is -2.75. The summed E-state index contributed by atoms with van der Waals surface area (Å²) in [5.41, 5.74) is 1.47. The highest BCUT2D eigenvalue weighted by Crippen LogP contribution is 2.42. The third kappa shape index (κ3) is 3.57. The van der Waals surface area contributed by atoms with E-state index in [0.29, 0.717) is 11.1 Å². The lowest BCUT2D eigenvalue weighted by Gasteiger charge is -2.25. The molecule has 0 atom stereocenters. The minimum Gasteiger partial charge on any atom is -0.466 e. The Morgan fingerprint density at radius 2 is 1.44 bits per heavy atom. The standard InChI is InChI=1S/C23H24O4/c1-3-7-16-10-12-17(13-11-16)14-23(15-20(24)27-4-2)21(25)18-8-5-6-9-19(18)22(23)26/h5-6,8-13H,3-4,7,14-15H2,1-2H3. The molecule has 0 saturated carbocycles. The van der Waals surface area contributed by atoms with Crippen LogP contribution in [0.1, 0.15) is 58.5 Å². The van der Waals surface area contributed by atoms with Gasteiger partial charge in [-0.25, -0.2) is 0 Å². The maximum Gasteiger partial charge on any atom is 0.307 e. The van der Waals surface area contributed by atoms with Crippen molar-refractivity contribution in [2.45, 2.75) is 39.5 Å². The van der Waals surface area contributed by atoms with Crippen molar-refractivity contribution in [3.63, 3.8) is 0 Å². The summed E-state index contributed by atoms with van der Waals surface area (Å²) in [7, 11) is 0. The molecule has 4 nitrogen and oxygen atoms in total. The van der Waals surface area contributed by atoms with E-state index in [0.717, 1.165) is 18.4 Å². The number of hydrogen-bond donors (Lipinski definition) is 0. The van der Waals surface area contributed by atoms with Gasteiger partial charge in [0, 0.05) is 11.1 Å². The van der Waals surface area contributed by atoms with Crippen molar-refractivity contribution in [3.05, 3.63) is 70.8 Å². The van der Waals surface area contributed by atoms with Gasteiger partial charge in [0.05, 0.1) is 13.0 Å². The smallest absolute Gasteiger partial charge is 0.307 e. The summed E-state index contributed by atoms with van der Waals surface area (Å²) in [5, 5.41) is 0. The summed E-state index contributed by atoms with van der Waals surface area (Å²) in [6.45, 7) is 4.05. The highest BCUT2D eigenvalue weighted by Gasteiger charge is 2.54. The Bertz CT molecular complexity index is 829. The molecule has 1 aliphatic carbocycles. The first-order chi connectivity index (χ1) is 13.0. The van der Waals surface area contributed by atoms with E-state index >= 15 is 0 Å². The van der Waals surface area contributed by atoms with E-state index in [9.17, 15) is 14.4 Å². The fraction of sp³-hybridized carbons (Fsp3) is 0.348. The molecule has 4 heteroatoms. The van der Waals surface area contributed by atoms with Crippen molar-refractivity contribution >= 4 is 17.5 Å². The highest BCUT2D eigenvalue weighted by atomic mass is 16.5. The van der Waals surface area contributed by atoms with E-state index < -0.39 is 11.4 Å². The maximum absolute atomic E-state index is 13.2. The van der Waals surface area contributed by atoms with E-state index in [2.05, 4.69) is 6.92 Å². The molecule has 0 radical (unpaired) electrons. The Kier molecular flexibility index (Phi) is 5.54. The molecule has 140 valence electrons. The number of ketones is 2. The zero-order valence-electron chi connectivity index (χ0n) is 15.8. The lowest BCUT2D eigenvalue weighted by molar-refractivity contribution is -0.144. The number of carbonyl (C=O) groups excluding carboxylic acids is 3.